The molecule has 0 spiro atoms. The molecule has 1 aromatic rings. The van der Waals surface area contributed by atoms with Gasteiger partial charge in [0.15, 0.2) is 0 Å². The van der Waals surface area contributed by atoms with Gasteiger partial charge in [-0.15, -0.1) is 0 Å². The van der Waals surface area contributed by atoms with E-state index in [1.54, 1.807) is 49.4 Å². The van der Waals surface area contributed by atoms with Crippen LogP contribution in [0.15, 0.2) is 48.3 Å². The number of carbonyl (C=O) groups excluding carboxylic acids is 1. The van der Waals surface area contributed by atoms with E-state index in [9.17, 15) is 4.79 Å². The molecule has 0 amide bonds. The number of aldehydes is 1. The first-order valence-corrected chi connectivity index (χ1v) is 4.81. The second-order valence-corrected chi connectivity index (χ2v) is 3.18. The zero-order valence-electron chi connectivity index (χ0n) is 8.97. The first-order valence-electron chi connectivity index (χ1n) is 4.81. The number of rotatable bonds is 2. The second kappa shape index (κ2) is 6.26. The van der Waals surface area contributed by atoms with Gasteiger partial charge in [-0.25, -0.2) is 0 Å². The number of aliphatic hydroxyl groups is 1. The Morgan fingerprint density at radius 2 is 2.00 bits per heavy atom. The largest absolute Gasteiger partial charge is 0.513 e. The van der Waals surface area contributed by atoms with Gasteiger partial charge in [-0.05, 0) is 31.2 Å². The minimum absolute atomic E-state index is 0.244. The number of aliphatic hydroxyl groups excluding tert-OH is 1. The predicted molar refractivity (Wildman–Crippen MR) is 64.2 cm³/mol. The third-order valence-corrected chi connectivity index (χ3v) is 1.78. The summed E-state index contributed by atoms with van der Waals surface area (Å²) in [6.07, 6.45) is 5.67. The lowest BCUT2D eigenvalue weighted by Gasteiger charge is -1.89. The Hall–Kier alpha value is -2.27. The Bertz CT molecular complexity index is 464. The van der Waals surface area contributed by atoms with E-state index in [1.165, 1.54) is 0 Å². The van der Waals surface area contributed by atoms with Gasteiger partial charge in [0.25, 0.3) is 0 Å². The van der Waals surface area contributed by atoms with Crippen LogP contribution >= 0.6 is 0 Å². The molecule has 0 unspecified atom stereocenters. The topological polar surface area (TPSA) is 37.3 Å². The summed E-state index contributed by atoms with van der Waals surface area (Å²) in [5.41, 5.74) is 1.49. The highest BCUT2D eigenvalue weighted by molar-refractivity contribution is 5.74. The van der Waals surface area contributed by atoms with Crippen molar-refractivity contribution in [3.05, 3.63) is 59.4 Å². The van der Waals surface area contributed by atoms with E-state index in [0.717, 1.165) is 11.8 Å². The first kappa shape index (κ1) is 11.8. The van der Waals surface area contributed by atoms with Crippen LogP contribution in [-0.4, -0.2) is 11.4 Å². The maximum absolute atomic E-state index is 10.4. The van der Waals surface area contributed by atoms with Crippen LogP contribution in [0.25, 0.3) is 0 Å². The summed E-state index contributed by atoms with van der Waals surface area (Å²) in [5.74, 6) is 5.97. The Labute approximate surface area is 94.9 Å². The monoisotopic (exact) mass is 212 g/mol. The maximum atomic E-state index is 10.4. The summed E-state index contributed by atoms with van der Waals surface area (Å²) < 4.78 is 0. The van der Waals surface area contributed by atoms with Crippen LogP contribution < -0.4 is 0 Å². The molecule has 0 aliphatic rings. The van der Waals surface area contributed by atoms with Gasteiger partial charge in [0.2, 0.25) is 0 Å². The average Bonchev–Trinajstić information content (AvgIpc) is 2.29. The lowest BCUT2D eigenvalue weighted by Crippen LogP contribution is -1.79. The summed E-state index contributed by atoms with van der Waals surface area (Å²) in [7, 11) is 0. The van der Waals surface area contributed by atoms with Crippen LogP contribution in [-0.2, 0) is 0 Å². The second-order valence-electron chi connectivity index (χ2n) is 3.18. The molecular formula is C14H12O2. The van der Waals surface area contributed by atoms with Crippen LogP contribution in [0.4, 0.5) is 0 Å². The molecule has 0 heterocycles. The molecular weight excluding hydrogens is 200 g/mol. The Morgan fingerprint density at radius 3 is 2.56 bits per heavy atom. The van der Waals surface area contributed by atoms with Crippen molar-refractivity contribution in [3.8, 4) is 11.8 Å². The number of hydrogen-bond donors (Lipinski definition) is 1. The SMILES string of the molecule is C/C(O)=C/C=C/C#Cc1ccc(C=O)cc1. The zero-order valence-corrected chi connectivity index (χ0v) is 8.97. The molecule has 0 fully saturated rings. The third kappa shape index (κ3) is 4.30. The minimum Gasteiger partial charge on any atom is -0.513 e. The number of carbonyl (C=O) groups is 1. The summed E-state index contributed by atoms with van der Waals surface area (Å²) in [6.45, 7) is 1.59. The Kier molecular flexibility index (Phi) is 4.62. The lowest BCUT2D eigenvalue weighted by atomic mass is 10.1. The zero-order chi connectivity index (χ0) is 11.8. The van der Waals surface area contributed by atoms with Crippen LogP contribution in [0.3, 0.4) is 0 Å². The molecule has 0 aliphatic heterocycles. The van der Waals surface area contributed by atoms with Crippen LogP contribution in [0.2, 0.25) is 0 Å². The normalized spacial score (nSPS) is 10.9. The molecule has 0 bridgehead atoms. The van der Waals surface area contributed by atoms with Crippen molar-refractivity contribution in [2.75, 3.05) is 0 Å². The summed E-state index contributed by atoms with van der Waals surface area (Å²) in [5, 5.41) is 8.86. The van der Waals surface area contributed by atoms with Crippen LogP contribution in [0.5, 0.6) is 0 Å². The van der Waals surface area contributed by atoms with Crippen molar-refractivity contribution < 1.29 is 9.90 Å². The van der Waals surface area contributed by atoms with Crippen LogP contribution in [0, 0.1) is 11.8 Å². The molecule has 0 radical (unpaired) electrons. The highest BCUT2D eigenvalue weighted by atomic mass is 16.3. The van der Waals surface area contributed by atoms with Crippen molar-refractivity contribution >= 4 is 6.29 Å². The van der Waals surface area contributed by atoms with E-state index in [0.29, 0.717) is 5.56 Å². The molecule has 16 heavy (non-hydrogen) atoms. The molecule has 0 aromatic heterocycles. The van der Waals surface area contributed by atoms with E-state index in [2.05, 4.69) is 11.8 Å². The minimum atomic E-state index is 0.244. The number of hydrogen-bond acceptors (Lipinski definition) is 2. The molecule has 0 saturated heterocycles. The number of allylic oxidation sites excluding steroid dienone is 4. The Morgan fingerprint density at radius 1 is 1.31 bits per heavy atom. The molecule has 2 nitrogen and oxygen atoms in total. The lowest BCUT2D eigenvalue weighted by molar-refractivity contribution is 0.112. The molecule has 0 atom stereocenters. The molecule has 1 rings (SSSR count). The quantitative estimate of drug-likeness (QED) is 0.354. The molecule has 0 saturated carbocycles. The van der Waals surface area contributed by atoms with Gasteiger partial charge >= 0.3 is 0 Å². The van der Waals surface area contributed by atoms with Gasteiger partial charge in [0, 0.05) is 11.1 Å². The molecule has 2 heteroatoms. The van der Waals surface area contributed by atoms with Crippen molar-refractivity contribution in [1.82, 2.24) is 0 Å². The highest BCUT2D eigenvalue weighted by Gasteiger charge is 1.88. The van der Waals surface area contributed by atoms with Gasteiger partial charge in [-0.1, -0.05) is 30.0 Å². The van der Waals surface area contributed by atoms with Gasteiger partial charge in [0.05, 0.1) is 5.76 Å². The van der Waals surface area contributed by atoms with Crippen molar-refractivity contribution in [3.63, 3.8) is 0 Å². The average molecular weight is 212 g/mol. The van der Waals surface area contributed by atoms with E-state index >= 15 is 0 Å². The van der Waals surface area contributed by atoms with E-state index < -0.39 is 0 Å². The third-order valence-electron chi connectivity index (χ3n) is 1.78. The molecule has 1 N–H and O–H groups in total. The first-order chi connectivity index (χ1) is 7.72. The van der Waals surface area contributed by atoms with Gasteiger partial charge in [-0.2, -0.15) is 0 Å². The number of benzene rings is 1. The van der Waals surface area contributed by atoms with Crippen molar-refractivity contribution in [1.29, 1.82) is 0 Å². The van der Waals surface area contributed by atoms with Crippen LogP contribution in [0.1, 0.15) is 22.8 Å². The fourth-order valence-corrected chi connectivity index (χ4v) is 1.01. The van der Waals surface area contributed by atoms with Crippen molar-refractivity contribution in [2.24, 2.45) is 0 Å². The fraction of sp³-hybridized carbons (Fsp3) is 0.0714. The maximum Gasteiger partial charge on any atom is 0.150 e. The fourth-order valence-electron chi connectivity index (χ4n) is 1.01. The van der Waals surface area contributed by atoms with Crippen molar-refractivity contribution in [2.45, 2.75) is 6.92 Å². The smallest absolute Gasteiger partial charge is 0.150 e. The summed E-state index contributed by atoms with van der Waals surface area (Å²) in [6, 6.07) is 7.02. The molecule has 80 valence electrons. The van der Waals surface area contributed by atoms with E-state index in [1.807, 2.05) is 0 Å². The standard InChI is InChI=1S/C14H12O2/c1-12(16)5-3-2-4-6-13-7-9-14(11-15)10-8-13/h2-3,5,7-11,16H,1H3/b3-2+,12-5-. The van der Waals surface area contributed by atoms with E-state index in [-0.39, 0.29) is 5.76 Å². The highest BCUT2D eigenvalue weighted by Crippen LogP contribution is 2.00. The van der Waals surface area contributed by atoms with E-state index in [4.69, 9.17) is 5.11 Å². The molecule has 0 aliphatic carbocycles. The molecule has 1 aromatic carbocycles. The van der Waals surface area contributed by atoms with Gasteiger partial charge in [0.1, 0.15) is 6.29 Å². The van der Waals surface area contributed by atoms with Gasteiger partial charge < -0.3 is 5.11 Å². The summed E-state index contributed by atoms with van der Waals surface area (Å²) in [4.78, 5) is 10.4. The summed E-state index contributed by atoms with van der Waals surface area (Å²) >= 11 is 0. The predicted octanol–water partition coefficient (Wildman–Crippen LogP) is 2.87. The Balaban J connectivity index is 2.66. The van der Waals surface area contributed by atoms with Gasteiger partial charge in [-0.3, -0.25) is 4.79 Å².